The SMILES string of the molecule is C=CC(=O)N1CCC(F)(F)C1.Cn1nc(C2CCc3ccccc3C2)c(C(N)=O)c1N. The van der Waals surface area contributed by atoms with Gasteiger partial charge in [0.05, 0.1) is 12.2 Å². The van der Waals surface area contributed by atoms with E-state index in [0.29, 0.717) is 11.4 Å². The number of nitrogens with two attached hydrogens (primary N) is 2. The average molecular weight is 431 g/mol. The van der Waals surface area contributed by atoms with Crippen molar-refractivity contribution in [2.24, 2.45) is 12.8 Å². The van der Waals surface area contributed by atoms with Crippen molar-refractivity contribution in [1.29, 1.82) is 0 Å². The third kappa shape index (κ3) is 4.92. The van der Waals surface area contributed by atoms with Gasteiger partial charge in [-0.15, -0.1) is 0 Å². The van der Waals surface area contributed by atoms with Crippen LogP contribution in [0.2, 0.25) is 0 Å². The number of benzene rings is 1. The van der Waals surface area contributed by atoms with E-state index in [0.717, 1.165) is 35.9 Å². The van der Waals surface area contributed by atoms with Gasteiger partial charge in [-0.2, -0.15) is 5.10 Å². The molecule has 0 spiro atoms. The molecule has 0 saturated carbocycles. The van der Waals surface area contributed by atoms with Crippen molar-refractivity contribution in [3.8, 4) is 0 Å². The Hall–Kier alpha value is -3.23. The number of alkyl halides is 2. The predicted octanol–water partition coefficient (Wildman–Crippen LogP) is 2.41. The van der Waals surface area contributed by atoms with Gasteiger partial charge in [-0.3, -0.25) is 14.3 Å². The number of nitrogens with zero attached hydrogens (tertiary/aromatic N) is 3. The van der Waals surface area contributed by atoms with Gasteiger partial charge in [0.15, 0.2) is 0 Å². The number of likely N-dealkylation sites (tertiary alicyclic amines) is 1. The summed E-state index contributed by atoms with van der Waals surface area (Å²) in [4.78, 5) is 23.5. The first-order valence-corrected chi connectivity index (χ1v) is 10.1. The van der Waals surface area contributed by atoms with Gasteiger partial charge >= 0.3 is 0 Å². The van der Waals surface area contributed by atoms with E-state index in [-0.39, 0.29) is 18.9 Å². The fourth-order valence-corrected chi connectivity index (χ4v) is 4.08. The topological polar surface area (TPSA) is 107 Å². The van der Waals surface area contributed by atoms with Crippen molar-refractivity contribution >= 4 is 17.6 Å². The molecule has 0 bridgehead atoms. The molecule has 4 N–H and O–H groups in total. The molecule has 31 heavy (non-hydrogen) atoms. The molecule has 1 saturated heterocycles. The van der Waals surface area contributed by atoms with Crippen LogP contribution in [-0.4, -0.2) is 45.5 Å². The Kier molecular flexibility index (Phi) is 6.42. The Bertz CT molecular complexity index is 1000. The number of fused-ring (bicyclic) bond motifs is 1. The number of anilines is 1. The molecular formula is C22H27F2N5O2. The maximum absolute atomic E-state index is 12.5. The second-order valence-electron chi connectivity index (χ2n) is 7.91. The molecule has 7 nitrogen and oxygen atoms in total. The summed E-state index contributed by atoms with van der Waals surface area (Å²) < 4.78 is 26.5. The molecule has 1 aliphatic heterocycles. The minimum absolute atomic E-state index is 0.137. The molecule has 2 aromatic rings. The van der Waals surface area contributed by atoms with Crippen molar-refractivity contribution in [3.05, 3.63) is 59.3 Å². The van der Waals surface area contributed by atoms with E-state index in [1.807, 2.05) is 6.07 Å². The molecule has 166 valence electrons. The van der Waals surface area contributed by atoms with E-state index in [1.54, 1.807) is 7.05 Å². The molecule has 1 unspecified atom stereocenters. The molecule has 1 aliphatic carbocycles. The summed E-state index contributed by atoms with van der Waals surface area (Å²) in [5.41, 5.74) is 15.2. The molecule has 1 fully saturated rings. The summed E-state index contributed by atoms with van der Waals surface area (Å²) in [5, 5.41) is 4.42. The zero-order valence-electron chi connectivity index (χ0n) is 17.5. The molecule has 0 radical (unpaired) electrons. The van der Waals surface area contributed by atoms with Gasteiger partial charge in [-0.05, 0) is 36.5 Å². The largest absolute Gasteiger partial charge is 0.383 e. The van der Waals surface area contributed by atoms with Gasteiger partial charge in [0.1, 0.15) is 11.4 Å². The Balaban J connectivity index is 0.000000210. The predicted molar refractivity (Wildman–Crippen MR) is 114 cm³/mol. The number of hydrogen-bond acceptors (Lipinski definition) is 4. The fourth-order valence-electron chi connectivity index (χ4n) is 4.08. The zero-order chi connectivity index (χ0) is 22.8. The number of primary amides is 1. The summed E-state index contributed by atoms with van der Waals surface area (Å²) in [6.45, 7) is 2.89. The molecule has 2 aliphatic rings. The minimum atomic E-state index is -2.70. The molecule has 2 amide bonds. The van der Waals surface area contributed by atoms with E-state index in [1.165, 1.54) is 15.8 Å². The maximum Gasteiger partial charge on any atom is 0.267 e. The normalized spacial score (nSPS) is 19.2. The van der Waals surface area contributed by atoms with E-state index >= 15 is 0 Å². The van der Waals surface area contributed by atoms with E-state index in [2.05, 4.69) is 29.9 Å². The number of aryl methyl sites for hydroxylation is 2. The Labute approximate surface area is 179 Å². The minimum Gasteiger partial charge on any atom is -0.383 e. The smallest absolute Gasteiger partial charge is 0.267 e. The summed E-state index contributed by atoms with van der Waals surface area (Å²) in [5.74, 6) is -3.05. The van der Waals surface area contributed by atoms with Crippen LogP contribution < -0.4 is 11.5 Å². The van der Waals surface area contributed by atoms with Gasteiger partial charge in [0, 0.05) is 25.9 Å². The molecular weight excluding hydrogens is 404 g/mol. The lowest BCUT2D eigenvalue weighted by atomic mass is 9.81. The number of halogens is 2. The van der Waals surface area contributed by atoms with Crippen LogP contribution in [0.25, 0.3) is 0 Å². The van der Waals surface area contributed by atoms with Gasteiger partial charge in [0.2, 0.25) is 5.91 Å². The third-order valence-corrected chi connectivity index (χ3v) is 5.75. The van der Waals surface area contributed by atoms with Crippen LogP contribution in [0.15, 0.2) is 36.9 Å². The number of aromatic nitrogens is 2. The zero-order valence-corrected chi connectivity index (χ0v) is 17.5. The highest BCUT2D eigenvalue weighted by atomic mass is 19.3. The Morgan fingerprint density at radius 2 is 1.97 bits per heavy atom. The van der Waals surface area contributed by atoms with Crippen LogP contribution in [0.4, 0.5) is 14.6 Å². The van der Waals surface area contributed by atoms with E-state index in [9.17, 15) is 18.4 Å². The second kappa shape index (κ2) is 8.87. The first-order chi connectivity index (χ1) is 14.6. The van der Waals surface area contributed by atoms with Crippen LogP contribution in [-0.2, 0) is 24.7 Å². The molecule has 1 aromatic carbocycles. The molecule has 4 rings (SSSR count). The lowest BCUT2D eigenvalue weighted by Crippen LogP contribution is -2.29. The highest BCUT2D eigenvalue weighted by Gasteiger charge is 2.39. The van der Waals surface area contributed by atoms with Gasteiger partial charge in [0.25, 0.3) is 11.8 Å². The first kappa shape index (κ1) is 22.5. The van der Waals surface area contributed by atoms with Crippen molar-refractivity contribution in [3.63, 3.8) is 0 Å². The average Bonchev–Trinajstić information content (AvgIpc) is 3.26. The monoisotopic (exact) mass is 431 g/mol. The molecule has 1 aromatic heterocycles. The van der Waals surface area contributed by atoms with Crippen molar-refractivity contribution in [1.82, 2.24) is 14.7 Å². The summed E-state index contributed by atoms with van der Waals surface area (Å²) in [6.07, 6.45) is 3.67. The van der Waals surface area contributed by atoms with Gasteiger partial charge < -0.3 is 16.4 Å². The Morgan fingerprint density at radius 3 is 2.55 bits per heavy atom. The van der Waals surface area contributed by atoms with Crippen molar-refractivity contribution < 1.29 is 18.4 Å². The summed E-state index contributed by atoms with van der Waals surface area (Å²) >= 11 is 0. The standard InChI is InChI=1S/C15H18N4O.C7H9F2NO/c1-19-14(16)12(15(17)20)13(18-19)11-7-6-9-4-2-3-5-10(9)8-11;1-2-6(11)10-4-3-7(8,9)5-10/h2-5,11H,6-8,16H2,1H3,(H2,17,20);2H,1,3-5H2. The maximum atomic E-state index is 12.5. The highest BCUT2D eigenvalue weighted by molar-refractivity contribution is 5.98. The van der Waals surface area contributed by atoms with Crippen LogP contribution in [0.3, 0.4) is 0 Å². The highest BCUT2D eigenvalue weighted by Crippen LogP contribution is 2.34. The Morgan fingerprint density at radius 1 is 1.29 bits per heavy atom. The van der Waals surface area contributed by atoms with Crippen molar-refractivity contribution in [2.75, 3.05) is 18.8 Å². The molecule has 1 atom stereocenters. The first-order valence-electron chi connectivity index (χ1n) is 10.1. The molecule has 2 heterocycles. The van der Waals surface area contributed by atoms with E-state index < -0.39 is 24.3 Å². The second-order valence-corrected chi connectivity index (χ2v) is 7.91. The summed E-state index contributed by atoms with van der Waals surface area (Å²) in [7, 11) is 1.74. The number of amides is 2. The fraction of sp³-hybridized carbons (Fsp3) is 0.409. The van der Waals surface area contributed by atoms with Gasteiger partial charge in [-0.25, -0.2) is 8.78 Å². The number of carbonyl (C=O) groups is 2. The van der Waals surface area contributed by atoms with Gasteiger partial charge in [-0.1, -0.05) is 30.8 Å². The number of hydrogen-bond donors (Lipinski definition) is 2. The quantitative estimate of drug-likeness (QED) is 0.728. The number of nitrogen functional groups attached to an aromatic ring is 1. The van der Waals surface area contributed by atoms with Crippen LogP contribution in [0, 0.1) is 0 Å². The lowest BCUT2D eigenvalue weighted by molar-refractivity contribution is -0.126. The van der Waals surface area contributed by atoms with E-state index in [4.69, 9.17) is 11.5 Å². The lowest BCUT2D eigenvalue weighted by Gasteiger charge is -2.23. The van der Waals surface area contributed by atoms with Crippen LogP contribution in [0.1, 0.15) is 45.9 Å². The van der Waals surface area contributed by atoms with Crippen LogP contribution in [0.5, 0.6) is 0 Å². The molecule has 9 heteroatoms. The summed E-state index contributed by atoms with van der Waals surface area (Å²) in [6, 6.07) is 8.40. The third-order valence-electron chi connectivity index (χ3n) is 5.75. The van der Waals surface area contributed by atoms with Crippen molar-refractivity contribution in [2.45, 2.75) is 37.5 Å². The number of rotatable bonds is 3. The number of carbonyl (C=O) groups excluding carboxylic acids is 2. The van der Waals surface area contributed by atoms with Crippen LogP contribution >= 0.6 is 0 Å².